The Morgan fingerprint density at radius 2 is 0.842 bits per heavy atom. The van der Waals surface area contributed by atoms with Crippen molar-refractivity contribution in [3.05, 3.63) is 188 Å². The summed E-state index contributed by atoms with van der Waals surface area (Å²) < 4.78 is 7.25. The van der Waals surface area contributed by atoms with Crippen molar-refractivity contribution in [3.8, 4) is 45.5 Å². The van der Waals surface area contributed by atoms with E-state index in [1.54, 1.807) is 0 Å². The quantitative estimate of drug-likeness (QED) is 0.176. The van der Waals surface area contributed by atoms with Crippen LogP contribution in [0, 0.1) is 0 Å². The monoisotopic (exact) mass is 745 g/mol. The summed E-state index contributed by atoms with van der Waals surface area (Å²) in [6.45, 7) is 0. The molecule has 6 heteroatoms. The van der Waals surface area contributed by atoms with Crippen LogP contribution in [0.4, 0.5) is 0 Å². The van der Waals surface area contributed by atoms with Crippen LogP contribution in [0.3, 0.4) is 0 Å². The SMILES string of the molecule is c1ccc(-c2nc(-c3ccccc3)nc(-n3c4ccccc4c4ccc(-c5ccc6c7cc8sc9ccccc9c8cc7n(-c7ccccc7)c6c5)cc43)n2)cc1. The molecular weight excluding hydrogens is 715 g/mol. The van der Waals surface area contributed by atoms with Crippen LogP contribution in [0.1, 0.15) is 0 Å². The average Bonchev–Trinajstić information content (AvgIpc) is 3.93. The highest BCUT2D eigenvalue weighted by Gasteiger charge is 2.20. The number of hydrogen-bond acceptors (Lipinski definition) is 4. The Morgan fingerprint density at radius 1 is 0.316 bits per heavy atom. The lowest BCUT2D eigenvalue weighted by atomic mass is 10.0. The summed E-state index contributed by atoms with van der Waals surface area (Å²) in [7, 11) is 0. The van der Waals surface area contributed by atoms with E-state index in [2.05, 4.69) is 137 Å². The topological polar surface area (TPSA) is 48.5 Å². The van der Waals surface area contributed by atoms with E-state index in [9.17, 15) is 0 Å². The van der Waals surface area contributed by atoms with Crippen LogP contribution in [-0.4, -0.2) is 24.1 Å². The Morgan fingerprint density at radius 3 is 1.53 bits per heavy atom. The van der Waals surface area contributed by atoms with Crippen molar-refractivity contribution in [1.82, 2.24) is 24.1 Å². The van der Waals surface area contributed by atoms with Crippen LogP contribution in [-0.2, 0) is 0 Å². The van der Waals surface area contributed by atoms with E-state index in [-0.39, 0.29) is 0 Å². The Labute approximate surface area is 331 Å². The fourth-order valence-corrected chi connectivity index (χ4v) is 9.66. The molecule has 0 aliphatic heterocycles. The van der Waals surface area contributed by atoms with Gasteiger partial charge in [0.15, 0.2) is 11.6 Å². The van der Waals surface area contributed by atoms with Crippen LogP contribution in [0.5, 0.6) is 0 Å². The first-order valence-electron chi connectivity index (χ1n) is 19.1. The third kappa shape index (κ3) is 5.04. The Bertz CT molecular complexity index is 3450. The summed E-state index contributed by atoms with van der Waals surface area (Å²) >= 11 is 1.87. The van der Waals surface area contributed by atoms with Crippen LogP contribution in [0.15, 0.2) is 188 Å². The molecule has 0 bridgehead atoms. The maximum absolute atomic E-state index is 5.16. The van der Waals surface area contributed by atoms with Gasteiger partial charge in [0, 0.05) is 58.5 Å². The molecule has 5 nitrogen and oxygen atoms in total. The van der Waals surface area contributed by atoms with Gasteiger partial charge in [0.05, 0.1) is 22.1 Å². The highest BCUT2D eigenvalue weighted by atomic mass is 32.1. The Hall–Kier alpha value is -7.41. The van der Waals surface area contributed by atoms with Crippen molar-refractivity contribution in [2.45, 2.75) is 0 Å². The molecule has 8 aromatic carbocycles. The predicted molar refractivity (Wildman–Crippen MR) is 238 cm³/mol. The molecule has 0 aliphatic carbocycles. The minimum Gasteiger partial charge on any atom is -0.309 e. The molecule has 0 unspecified atom stereocenters. The van der Waals surface area contributed by atoms with Crippen LogP contribution in [0.25, 0.3) is 109 Å². The first-order valence-corrected chi connectivity index (χ1v) is 19.9. The average molecular weight is 746 g/mol. The van der Waals surface area contributed by atoms with Crippen molar-refractivity contribution in [2.24, 2.45) is 0 Å². The number of para-hydroxylation sites is 2. The van der Waals surface area contributed by atoms with E-state index in [0.29, 0.717) is 17.6 Å². The number of thiophene rings is 1. The normalized spacial score (nSPS) is 11.9. The highest BCUT2D eigenvalue weighted by molar-refractivity contribution is 7.25. The molecule has 0 N–H and O–H groups in total. The molecular formula is C51H31N5S. The maximum atomic E-state index is 5.16. The lowest BCUT2D eigenvalue weighted by Gasteiger charge is -2.12. The third-order valence-electron chi connectivity index (χ3n) is 11.2. The number of benzene rings is 8. The molecule has 0 radical (unpaired) electrons. The van der Waals surface area contributed by atoms with Gasteiger partial charge in [-0.1, -0.05) is 140 Å². The molecule has 0 amide bonds. The van der Waals surface area contributed by atoms with Crippen molar-refractivity contribution in [2.75, 3.05) is 0 Å². The van der Waals surface area contributed by atoms with Gasteiger partial charge in [-0.05, 0) is 59.7 Å². The van der Waals surface area contributed by atoms with E-state index in [0.717, 1.165) is 49.7 Å². The lowest BCUT2D eigenvalue weighted by molar-refractivity contribution is 0.953. The standard InChI is InChI=1S/C51H31N5S/c1-4-14-32(15-5-1)49-52-50(33-16-6-2-7-17-33)54-51(53-49)56-43-22-12-10-20-37(43)38-26-24-35(29-45(38)56)34-25-27-39-41-31-48-42(40-21-11-13-23-47(40)57-48)30-46(41)55(44(39)28-34)36-18-8-3-9-19-36/h1-31H. The van der Waals surface area contributed by atoms with Gasteiger partial charge in [0.1, 0.15) is 0 Å². The van der Waals surface area contributed by atoms with E-state index in [4.69, 9.17) is 15.0 Å². The molecule has 0 saturated heterocycles. The fraction of sp³-hybridized carbons (Fsp3) is 0. The van der Waals surface area contributed by atoms with E-state index >= 15 is 0 Å². The number of aromatic nitrogens is 5. The number of rotatable bonds is 5. The van der Waals surface area contributed by atoms with E-state index < -0.39 is 0 Å². The van der Waals surface area contributed by atoms with Gasteiger partial charge in [0.2, 0.25) is 5.95 Å². The molecule has 4 aromatic heterocycles. The first-order chi connectivity index (χ1) is 28.2. The largest absolute Gasteiger partial charge is 0.309 e. The van der Waals surface area contributed by atoms with Gasteiger partial charge in [-0.25, -0.2) is 4.98 Å². The van der Waals surface area contributed by atoms with Gasteiger partial charge < -0.3 is 4.57 Å². The van der Waals surface area contributed by atoms with Gasteiger partial charge in [-0.3, -0.25) is 4.57 Å². The van der Waals surface area contributed by atoms with Crippen molar-refractivity contribution >= 4 is 75.1 Å². The molecule has 0 atom stereocenters. The molecule has 0 aliphatic rings. The van der Waals surface area contributed by atoms with Crippen molar-refractivity contribution in [1.29, 1.82) is 0 Å². The van der Waals surface area contributed by atoms with Crippen LogP contribution >= 0.6 is 11.3 Å². The minimum absolute atomic E-state index is 0.582. The maximum Gasteiger partial charge on any atom is 0.238 e. The summed E-state index contributed by atoms with van der Waals surface area (Å²) in [6.07, 6.45) is 0. The minimum atomic E-state index is 0.582. The second-order valence-electron chi connectivity index (χ2n) is 14.5. The van der Waals surface area contributed by atoms with Crippen LogP contribution in [0.2, 0.25) is 0 Å². The number of hydrogen-bond donors (Lipinski definition) is 0. The van der Waals surface area contributed by atoms with Crippen molar-refractivity contribution in [3.63, 3.8) is 0 Å². The first kappa shape index (κ1) is 31.9. The lowest BCUT2D eigenvalue weighted by Crippen LogP contribution is -2.06. The molecule has 266 valence electrons. The Kier molecular flexibility index (Phi) is 7.03. The molecule has 57 heavy (non-hydrogen) atoms. The Balaban J connectivity index is 1.09. The summed E-state index contributed by atoms with van der Waals surface area (Å²) in [4.78, 5) is 15.3. The van der Waals surface area contributed by atoms with Crippen molar-refractivity contribution < 1.29 is 0 Å². The molecule has 0 saturated carbocycles. The van der Waals surface area contributed by atoms with Gasteiger partial charge in [-0.2, -0.15) is 9.97 Å². The summed E-state index contributed by atoms with van der Waals surface area (Å²) in [5.41, 5.74) is 9.74. The van der Waals surface area contributed by atoms with Crippen LogP contribution < -0.4 is 0 Å². The predicted octanol–water partition coefficient (Wildman–Crippen LogP) is 13.4. The zero-order valence-corrected chi connectivity index (χ0v) is 31.4. The molecule has 4 heterocycles. The zero-order chi connectivity index (χ0) is 37.5. The van der Waals surface area contributed by atoms with E-state index in [1.165, 1.54) is 42.0 Å². The second kappa shape index (κ2) is 12.6. The molecule has 12 rings (SSSR count). The zero-order valence-electron chi connectivity index (χ0n) is 30.5. The van der Waals surface area contributed by atoms with Gasteiger partial charge >= 0.3 is 0 Å². The molecule has 0 fully saturated rings. The van der Waals surface area contributed by atoms with Gasteiger partial charge in [-0.15, -0.1) is 11.3 Å². The summed E-state index contributed by atoms with van der Waals surface area (Å²) in [5, 5.41) is 7.38. The highest BCUT2D eigenvalue weighted by Crippen LogP contribution is 2.42. The second-order valence-corrected chi connectivity index (χ2v) is 15.5. The number of nitrogens with zero attached hydrogens (tertiary/aromatic N) is 5. The van der Waals surface area contributed by atoms with Gasteiger partial charge in [0.25, 0.3) is 0 Å². The molecule has 0 spiro atoms. The summed E-state index contributed by atoms with van der Waals surface area (Å²) in [5.74, 6) is 1.85. The molecule has 12 aromatic rings. The van der Waals surface area contributed by atoms with E-state index in [1.807, 2.05) is 72.0 Å². The smallest absolute Gasteiger partial charge is 0.238 e. The number of fused-ring (bicyclic) bond motifs is 9. The third-order valence-corrected chi connectivity index (χ3v) is 12.3. The summed E-state index contributed by atoms with van der Waals surface area (Å²) in [6, 6.07) is 66.8. The fourth-order valence-electron chi connectivity index (χ4n) is 8.53.